The Morgan fingerprint density at radius 1 is 0.957 bits per heavy atom. The highest BCUT2D eigenvalue weighted by Crippen LogP contribution is 2.19. The molecule has 1 saturated heterocycles. The first kappa shape index (κ1) is 15.7. The van der Waals surface area contributed by atoms with Gasteiger partial charge in [0.2, 0.25) is 0 Å². The molecule has 2 aromatic carbocycles. The fraction of sp³-hybridized carbons (Fsp3) is 0.235. The van der Waals surface area contributed by atoms with Gasteiger partial charge in [-0.25, -0.2) is 4.39 Å². The molecule has 0 radical (unpaired) electrons. The van der Waals surface area contributed by atoms with Crippen molar-refractivity contribution in [1.82, 2.24) is 4.90 Å². The minimum absolute atomic E-state index is 0.00784. The first-order valence-corrected chi connectivity index (χ1v) is 8.91. The molecule has 0 amide bonds. The molecule has 0 bridgehead atoms. The van der Waals surface area contributed by atoms with Crippen molar-refractivity contribution >= 4 is 15.9 Å². The van der Waals surface area contributed by atoms with Crippen LogP contribution in [0.3, 0.4) is 0 Å². The lowest BCUT2D eigenvalue weighted by Gasteiger charge is -2.20. The van der Waals surface area contributed by atoms with E-state index >= 15 is 0 Å². The number of hydrogen-bond acceptors (Lipinski definition) is 2. The summed E-state index contributed by atoms with van der Waals surface area (Å²) < 4.78 is 42.2. The Bertz CT molecular complexity index is 796. The second kappa shape index (κ2) is 6.50. The molecule has 1 heterocycles. The number of nitrogens with zero attached hydrogens (tertiary/aromatic N) is 2. The average Bonchev–Trinajstić information content (AvgIpc) is 3.08. The highest BCUT2D eigenvalue weighted by molar-refractivity contribution is 7.90. The van der Waals surface area contributed by atoms with Crippen LogP contribution in [0.25, 0.3) is 0 Å². The lowest BCUT2D eigenvalue weighted by molar-refractivity contribution is 0.520. The molecule has 0 unspecified atom stereocenters. The molecule has 1 aliphatic heterocycles. The van der Waals surface area contributed by atoms with Crippen molar-refractivity contribution in [2.45, 2.75) is 17.7 Å². The Hall–Kier alpha value is -2.21. The zero-order chi connectivity index (χ0) is 16.3. The number of benzene rings is 2. The summed E-state index contributed by atoms with van der Waals surface area (Å²) in [7, 11) is -3.88. The molecular formula is C17H17FN2O2S. The van der Waals surface area contributed by atoms with Gasteiger partial charge >= 0.3 is 0 Å². The largest absolute Gasteiger partial charge is 0.355 e. The van der Waals surface area contributed by atoms with Gasteiger partial charge in [-0.2, -0.15) is 8.42 Å². The summed E-state index contributed by atoms with van der Waals surface area (Å²) in [5.41, 5.74) is 0.764. The van der Waals surface area contributed by atoms with Crippen LogP contribution in [0, 0.1) is 5.82 Å². The molecule has 120 valence electrons. The zero-order valence-corrected chi connectivity index (χ0v) is 13.3. The lowest BCUT2D eigenvalue weighted by Crippen LogP contribution is -2.29. The maximum absolute atomic E-state index is 13.0. The summed E-state index contributed by atoms with van der Waals surface area (Å²) in [4.78, 5) is 1.97. The minimum Gasteiger partial charge on any atom is -0.355 e. The number of likely N-dealkylation sites (tertiary alicyclic amines) is 1. The summed E-state index contributed by atoms with van der Waals surface area (Å²) in [6, 6.07) is 14.0. The maximum Gasteiger partial charge on any atom is 0.284 e. The van der Waals surface area contributed by atoms with Crippen molar-refractivity contribution in [3.63, 3.8) is 0 Å². The quantitative estimate of drug-likeness (QED) is 0.641. The van der Waals surface area contributed by atoms with Gasteiger partial charge < -0.3 is 4.90 Å². The van der Waals surface area contributed by atoms with Crippen LogP contribution in [0.2, 0.25) is 0 Å². The standard InChI is InChI=1S/C17H17FN2O2S/c18-15-8-10-16(11-9-15)23(21,22)19-17(20-12-4-5-13-20)14-6-2-1-3-7-14/h1-3,6-11H,4-5,12-13H2. The van der Waals surface area contributed by atoms with Gasteiger partial charge in [0.15, 0.2) is 0 Å². The van der Waals surface area contributed by atoms with E-state index in [0.717, 1.165) is 43.6 Å². The Morgan fingerprint density at radius 2 is 1.57 bits per heavy atom. The summed E-state index contributed by atoms with van der Waals surface area (Å²) in [6.45, 7) is 1.57. The number of halogens is 1. The van der Waals surface area contributed by atoms with E-state index in [2.05, 4.69) is 4.40 Å². The van der Waals surface area contributed by atoms with Crippen LogP contribution in [0.5, 0.6) is 0 Å². The molecule has 0 N–H and O–H groups in total. The van der Waals surface area contributed by atoms with Gasteiger partial charge in [0.25, 0.3) is 10.0 Å². The molecule has 4 nitrogen and oxygen atoms in total. The van der Waals surface area contributed by atoms with Gasteiger partial charge in [0, 0.05) is 18.7 Å². The van der Waals surface area contributed by atoms with Crippen LogP contribution in [-0.2, 0) is 10.0 Å². The SMILES string of the molecule is O=S(=O)(N=C(c1ccccc1)N1CCCC1)c1ccc(F)cc1. The second-order valence-electron chi connectivity index (χ2n) is 5.40. The Morgan fingerprint density at radius 3 is 2.17 bits per heavy atom. The van der Waals surface area contributed by atoms with Gasteiger partial charge in [-0.1, -0.05) is 30.3 Å². The van der Waals surface area contributed by atoms with Crippen LogP contribution >= 0.6 is 0 Å². The summed E-state index contributed by atoms with van der Waals surface area (Å²) >= 11 is 0. The highest BCUT2D eigenvalue weighted by atomic mass is 32.2. The van der Waals surface area contributed by atoms with Crippen molar-refractivity contribution in [2.75, 3.05) is 13.1 Å². The van der Waals surface area contributed by atoms with E-state index in [9.17, 15) is 12.8 Å². The molecule has 6 heteroatoms. The van der Waals surface area contributed by atoms with Crippen molar-refractivity contribution in [1.29, 1.82) is 0 Å². The van der Waals surface area contributed by atoms with Crippen LogP contribution in [0.4, 0.5) is 4.39 Å². The number of rotatable bonds is 3. The van der Waals surface area contributed by atoms with Crippen molar-refractivity contribution in [2.24, 2.45) is 4.40 Å². The molecule has 3 rings (SSSR count). The molecular weight excluding hydrogens is 315 g/mol. The monoisotopic (exact) mass is 332 g/mol. The molecule has 23 heavy (non-hydrogen) atoms. The fourth-order valence-corrected chi connectivity index (χ4v) is 3.62. The average molecular weight is 332 g/mol. The van der Waals surface area contributed by atoms with E-state index in [1.54, 1.807) is 0 Å². The third kappa shape index (κ3) is 3.59. The number of amidine groups is 1. The third-order valence-corrected chi connectivity index (χ3v) is 5.04. The van der Waals surface area contributed by atoms with Gasteiger partial charge in [-0.3, -0.25) is 0 Å². The van der Waals surface area contributed by atoms with Gasteiger partial charge in [-0.05, 0) is 37.1 Å². The topological polar surface area (TPSA) is 49.7 Å². The highest BCUT2D eigenvalue weighted by Gasteiger charge is 2.22. The Balaban J connectivity index is 2.04. The number of sulfonamides is 1. The second-order valence-corrected chi connectivity index (χ2v) is 7.01. The first-order valence-electron chi connectivity index (χ1n) is 7.47. The lowest BCUT2D eigenvalue weighted by atomic mass is 10.2. The van der Waals surface area contributed by atoms with Crippen LogP contribution < -0.4 is 0 Å². The van der Waals surface area contributed by atoms with Crippen molar-refractivity contribution < 1.29 is 12.8 Å². The first-order chi connectivity index (χ1) is 11.1. The summed E-state index contributed by atoms with van der Waals surface area (Å²) in [5, 5.41) is 0. The van der Waals surface area contributed by atoms with Gasteiger partial charge in [0.1, 0.15) is 11.7 Å². The molecule has 0 spiro atoms. The predicted octanol–water partition coefficient (Wildman–Crippen LogP) is 3.06. The van der Waals surface area contributed by atoms with E-state index in [-0.39, 0.29) is 4.90 Å². The summed E-state index contributed by atoms with van der Waals surface area (Å²) in [5.74, 6) is -0.0248. The van der Waals surface area contributed by atoms with Crippen molar-refractivity contribution in [3.8, 4) is 0 Å². The predicted molar refractivity (Wildman–Crippen MR) is 87.4 cm³/mol. The fourth-order valence-electron chi connectivity index (χ4n) is 2.58. The van der Waals surface area contributed by atoms with Crippen LogP contribution in [0.1, 0.15) is 18.4 Å². The van der Waals surface area contributed by atoms with Gasteiger partial charge in [0.05, 0.1) is 4.90 Å². The molecule has 0 atom stereocenters. The molecule has 2 aromatic rings. The molecule has 1 fully saturated rings. The molecule has 1 aliphatic rings. The van der Waals surface area contributed by atoms with E-state index in [1.165, 1.54) is 12.1 Å². The van der Waals surface area contributed by atoms with Crippen molar-refractivity contribution in [3.05, 3.63) is 66.0 Å². The molecule has 0 aliphatic carbocycles. The number of hydrogen-bond donors (Lipinski definition) is 0. The van der Waals surface area contributed by atoms with Gasteiger partial charge in [-0.15, -0.1) is 4.40 Å². The Labute approximate surface area is 135 Å². The third-order valence-electron chi connectivity index (χ3n) is 3.76. The molecule has 0 aromatic heterocycles. The maximum atomic E-state index is 13.0. The zero-order valence-electron chi connectivity index (χ0n) is 12.5. The van der Waals surface area contributed by atoms with Crippen LogP contribution in [-0.4, -0.2) is 32.2 Å². The van der Waals surface area contributed by atoms with E-state index in [0.29, 0.717) is 5.84 Å². The Kier molecular flexibility index (Phi) is 4.43. The van der Waals surface area contributed by atoms with E-state index < -0.39 is 15.8 Å². The van der Waals surface area contributed by atoms with E-state index in [4.69, 9.17) is 0 Å². The normalized spacial score (nSPS) is 15.9. The van der Waals surface area contributed by atoms with E-state index in [1.807, 2.05) is 35.2 Å². The minimum atomic E-state index is -3.88. The summed E-state index contributed by atoms with van der Waals surface area (Å²) in [6.07, 6.45) is 2.03. The molecule has 0 saturated carbocycles. The smallest absolute Gasteiger partial charge is 0.284 e. The van der Waals surface area contributed by atoms with Crippen LogP contribution in [0.15, 0.2) is 63.9 Å².